The molecule has 0 fully saturated rings. The normalized spacial score (nSPS) is 11.1. The van der Waals surface area contributed by atoms with Crippen LogP contribution in [0.1, 0.15) is 33.3 Å². The first-order chi connectivity index (χ1) is 7.58. The first kappa shape index (κ1) is 13.0. The average Bonchev–Trinajstić information content (AvgIpc) is 2.16. The number of ether oxygens (including phenoxy) is 1. The van der Waals surface area contributed by atoms with E-state index in [1.807, 2.05) is 20.0 Å². The Morgan fingerprint density at radius 1 is 1.25 bits per heavy atom. The van der Waals surface area contributed by atoms with Crippen molar-refractivity contribution in [3.05, 3.63) is 24.0 Å². The Kier molecular flexibility index (Phi) is 5.26. The van der Waals surface area contributed by atoms with E-state index in [0.717, 1.165) is 18.7 Å². The largest absolute Gasteiger partial charge is 0.489 e. The second kappa shape index (κ2) is 6.48. The Hall–Kier alpha value is -1.09. The summed E-state index contributed by atoms with van der Waals surface area (Å²) < 4.78 is 5.60. The predicted octanol–water partition coefficient (Wildman–Crippen LogP) is 2.41. The molecule has 0 aliphatic rings. The molecule has 3 heteroatoms. The van der Waals surface area contributed by atoms with Gasteiger partial charge in [-0.3, -0.25) is 4.98 Å². The van der Waals surface area contributed by atoms with E-state index in [1.54, 1.807) is 6.20 Å². The van der Waals surface area contributed by atoms with Gasteiger partial charge in [-0.1, -0.05) is 13.8 Å². The first-order valence-electron chi connectivity index (χ1n) is 5.92. The van der Waals surface area contributed by atoms with Crippen molar-refractivity contribution in [1.82, 2.24) is 10.3 Å². The highest BCUT2D eigenvalue weighted by Gasteiger charge is 2.00. The van der Waals surface area contributed by atoms with Gasteiger partial charge in [-0.05, 0) is 38.4 Å². The van der Waals surface area contributed by atoms with E-state index in [4.69, 9.17) is 4.74 Å². The van der Waals surface area contributed by atoms with Crippen LogP contribution < -0.4 is 10.1 Å². The number of hydrogen-bond acceptors (Lipinski definition) is 3. The number of pyridine rings is 1. The summed E-state index contributed by atoms with van der Waals surface area (Å²) in [5.41, 5.74) is 1.21. The smallest absolute Gasteiger partial charge is 0.138 e. The third-order valence-electron chi connectivity index (χ3n) is 2.11. The topological polar surface area (TPSA) is 34.2 Å². The summed E-state index contributed by atoms with van der Waals surface area (Å²) in [6.45, 7) is 9.32. The molecular weight excluding hydrogens is 200 g/mol. The summed E-state index contributed by atoms with van der Waals surface area (Å²) in [6, 6.07) is 2.60. The van der Waals surface area contributed by atoms with Crippen molar-refractivity contribution in [2.24, 2.45) is 0 Å². The molecule has 1 heterocycles. The maximum absolute atomic E-state index is 5.60. The van der Waals surface area contributed by atoms with Crippen molar-refractivity contribution < 1.29 is 4.74 Å². The summed E-state index contributed by atoms with van der Waals surface area (Å²) in [5, 5.41) is 3.39. The van der Waals surface area contributed by atoms with Gasteiger partial charge in [-0.15, -0.1) is 0 Å². The lowest BCUT2D eigenvalue weighted by atomic mass is 10.2. The standard InChI is InChI=1S/C13H22N2O/c1-10(2)15-6-5-12-7-13(9-14-8-12)16-11(3)4/h7-11,15H,5-6H2,1-4H3. The van der Waals surface area contributed by atoms with Crippen molar-refractivity contribution in [3.63, 3.8) is 0 Å². The summed E-state index contributed by atoms with van der Waals surface area (Å²) in [5.74, 6) is 0.858. The Morgan fingerprint density at radius 3 is 2.62 bits per heavy atom. The van der Waals surface area contributed by atoms with Crippen molar-refractivity contribution in [3.8, 4) is 5.75 Å². The maximum Gasteiger partial charge on any atom is 0.138 e. The van der Waals surface area contributed by atoms with Crippen LogP contribution in [-0.4, -0.2) is 23.7 Å². The van der Waals surface area contributed by atoms with E-state index in [0.29, 0.717) is 6.04 Å². The number of nitrogens with one attached hydrogen (secondary N) is 1. The quantitative estimate of drug-likeness (QED) is 0.802. The van der Waals surface area contributed by atoms with E-state index in [2.05, 4.69) is 30.2 Å². The molecule has 1 aromatic heterocycles. The highest BCUT2D eigenvalue weighted by molar-refractivity contribution is 5.23. The second-order valence-corrected chi connectivity index (χ2v) is 4.55. The molecule has 90 valence electrons. The fourth-order valence-electron chi connectivity index (χ4n) is 1.44. The SMILES string of the molecule is CC(C)NCCc1cncc(OC(C)C)c1. The van der Waals surface area contributed by atoms with Crippen LogP contribution in [0.4, 0.5) is 0 Å². The molecule has 0 aliphatic heterocycles. The number of nitrogens with zero attached hydrogens (tertiary/aromatic N) is 1. The van der Waals surface area contributed by atoms with E-state index in [-0.39, 0.29) is 6.10 Å². The van der Waals surface area contributed by atoms with Gasteiger partial charge in [0.05, 0.1) is 12.3 Å². The average molecular weight is 222 g/mol. The maximum atomic E-state index is 5.60. The molecular formula is C13H22N2O. The molecule has 16 heavy (non-hydrogen) atoms. The van der Waals surface area contributed by atoms with E-state index in [9.17, 15) is 0 Å². The number of hydrogen-bond donors (Lipinski definition) is 1. The number of aromatic nitrogens is 1. The van der Waals surface area contributed by atoms with Crippen LogP contribution >= 0.6 is 0 Å². The van der Waals surface area contributed by atoms with Crippen LogP contribution in [0.15, 0.2) is 18.5 Å². The molecule has 1 rings (SSSR count). The summed E-state index contributed by atoms with van der Waals surface area (Å²) in [6.07, 6.45) is 4.85. The lowest BCUT2D eigenvalue weighted by Gasteiger charge is -2.11. The highest BCUT2D eigenvalue weighted by Crippen LogP contribution is 2.13. The van der Waals surface area contributed by atoms with Crippen LogP contribution in [-0.2, 0) is 6.42 Å². The molecule has 0 spiro atoms. The minimum absolute atomic E-state index is 0.200. The minimum Gasteiger partial charge on any atom is -0.489 e. The van der Waals surface area contributed by atoms with Crippen molar-refractivity contribution >= 4 is 0 Å². The fourth-order valence-corrected chi connectivity index (χ4v) is 1.44. The lowest BCUT2D eigenvalue weighted by Crippen LogP contribution is -2.24. The monoisotopic (exact) mass is 222 g/mol. The van der Waals surface area contributed by atoms with Crippen LogP contribution in [0.25, 0.3) is 0 Å². The van der Waals surface area contributed by atoms with Gasteiger partial charge in [0.2, 0.25) is 0 Å². The zero-order chi connectivity index (χ0) is 12.0. The van der Waals surface area contributed by atoms with Gasteiger partial charge in [0.15, 0.2) is 0 Å². The lowest BCUT2D eigenvalue weighted by molar-refractivity contribution is 0.241. The predicted molar refractivity (Wildman–Crippen MR) is 66.8 cm³/mol. The zero-order valence-electron chi connectivity index (χ0n) is 10.7. The van der Waals surface area contributed by atoms with Gasteiger partial charge in [-0.2, -0.15) is 0 Å². The van der Waals surface area contributed by atoms with Crippen LogP contribution in [0, 0.1) is 0 Å². The van der Waals surface area contributed by atoms with Gasteiger partial charge >= 0.3 is 0 Å². The number of rotatable bonds is 6. The molecule has 0 radical (unpaired) electrons. The molecule has 1 N–H and O–H groups in total. The first-order valence-corrected chi connectivity index (χ1v) is 5.92. The summed E-state index contributed by atoms with van der Waals surface area (Å²) >= 11 is 0. The molecule has 0 aliphatic carbocycles. The molecule has 0 unspecified atom stereocenters. The van der Waals surface area contributed by atoms with Gasteiger partial charge < -0.3 is 10.1 Å². The fraction of sp³-hybridized carbons (Fsp3) is 0.615. The summed E-state index contributed by atoms with van der Waals surface area (Å²) in [7, 11) is 0. The Bertz CT molecular complexity index is 311. The Labute approximate surface area is 98.2 Å². The molecule has 0 atom stereocenters. The van der Waals surface area contributed by atoms with Gasteiger partial charge in [0.1, 0.15) is 5.75 Å². The Morgan fingerprint density at radius 2 is 2.00 bits per heavy atom. The van der Waals surface area contributed by atoms with Crippen LogP contribution in [0.5, 0.6) is 5.75 Å². The minimum atomic E-state index is 0.200. The van der Waals surface area contributed by atoms with Crippen molar-refractivity contribution in [2.45, 2.75) is 46.3 Å². The third-order valence-corrected chi connectivity index (χ3v) is 2.11. The molecule has 0 amide bonds. The summed E-state index contributed by atoms with van der Waals surface area (Å²) in [4.78, 5) is 4.18. The molecule has 0 saturated heterocycles. The Balaban J connectivity index is 2.47. The van der Waals surface area contributed by atoms with E-state index < -0.39 is 0 Å². The molecule has 3 nitrogen and oxygen atoms in total. The van der Waals surface area contributed by atoms with Gasteiger partial charge in [-0.25, -0.2) is 0 Å². The van der Waals surface area contributed by atoms with E-state index in [1.165, 1.54) is 5.56 Å². The van der Waals surface area contributed by atoms with E-state index >= 15 is 0 Å². The van der Waals surface area contributed by atoms with Crippen molar-refractivity contribution in [2.75, 3.05) is 6.54 Å². The molecule has 0 bridgehead atoms. The third kappa shape index (κ3) is 5.12. The highest BCUT2D eigenvalue weighted by atomic mass is 16.5. The molecule has 0 aromatic carbocycles. The van der Waals surface area contributed by atoms with Crippen molar-refractivity contribution in [1.29, 1.82) is 0 Å². The van der Waals surface area contributed by atoms with Gasteiger partial charge in [0.25, 0.3) is 0 Å². The van der Waals surface area contributed by atoms with Crippen LogP contribution in [0.2, 0.25) is 0 Å². The van der Waals surface area contributed by atoms with Crippen LogP contribution in [0.3, 0.4) is 0 Å². The molecule has 0 saturated carbocycles. The molecule has 1 aromatic rings. The van der Waals surface area contributed by atoms with Gasteiger partial charge in [0, 0.05) is 12.2 Å². The zero-order valence-corrected chi connectivity index (χ0v) is 10.7. The second-order valence-electron chi connectivity index (χ2n) is 4.55.